The predicted molar refractivity (Wildman–Crippen MR) is 109 cm³/mol. The lowest BCUT2D eigenvalue weighted by Gasteiger charge is -2.08. The molecule has 0 radical (unpaired) electrons. The molecular weight excluding hydrogens is 360 g/mol. The molecule has 2 aromatic carbocycles. The fourth-order valence-corrected chi connectivity index (χ4v) is 3.86. The number of aryl methyl sites for hydroxylation is 2. The Morgan fingerprint density at radius 3 is 2.48 bits per heavy atom. The second kappa shape index (κ2) is 7.80. The van der Waals surface area contributed by atoms with Crippen molar-refractivity contribution in [1.82, 2.24) is 4.57 Å². The van der Waals surface area contributed by atoms with Crippen LogP contribution in [0.4, 0.5) is 0 Å². The molecule has 0 saturated heterocycles. The van der Waals surface area contributed by atoms with Crippen LogP contribution in [0.25, 0.3) is 10.2 Å². The van der Waals surface area contributed by atoms with Crippen LogP contribution < -0.4 is 14.3 Å². The largest absolute Gasteiger partial charge is 0.493 e. The molecule has 0 spiro atoms. The average Bonchev–Trinajstić information content (AvgIpc) is 2.99. The number of rotatable bonds is 5. The number of benzene rings is 2. The number of allylic oxidation sites excluding steroid dienone is 1. The summed E-state index contributed by atoms with van der Waals surface area (Å²) < 4.78 is 13.7. The van der Waals surface area contributed by atoms with E-state index >= 15 is 0 Å². The molecular formula is C21H22N2O3S. The van der Waals surface area contributed by atoms with Crippen molar-refractivity contribution >= 4 is 27.5 Å². The fourth-order valence-electron chi connectivity index (χ4n) is 2.81. The molecule has 0 saturated carbocycles. The molecule has 1 amide bonds. The Kier molecular flexibility index (Phi) is 5.46. The van der Waals surface area contributed by atoms with E-state index in [4.69, 9.17) is 9.47 Å². The predicted octanol–water partition coefficient (Wildman–Crippen LogP) is 4.26. The van der Waals surface area contributed by atoms with Gasteiger partial charge in [-0.15, -0.1) is 6.58 Å². The van der Waals surface area contributed by atoms with Crippen molar-refractivity contribution in [1.29, 1.82) is 0 Å². The maximum Gasteiger partial charge on any atom is 0.279 e. The van der Waals surface area contributed by atoms with Crippen LogP contribution in [-0.4, -0.2) is 24.7 Å². The minimum absolute atomic E-state index is 0.263. The van der Waals surface area contributed by atoms with Crippen LogP contribution in [0, 0.1) is 13.8 Å². The second-order valence-electron chi connectivity index (χ2n) is 6.17. The van der Waals surface area contributed by atoms with Crippen molar-refractivity contribution in [3.8, 4) is 11.5 Å². The van der Waals surface area contributed by atoms with Gasteiger partial charge in [-0.1, -0.05) is 23.5 Å². The van der Waals surface area contributed by atoms with E-state index in [1.54, 1.807) is 20.3 Å². The molecule has 0 N–H and O–H groups in total. The summed E-state index contributed by atoms with van der Waals surface area (Å²) in [6.07, 6.45) is 1.78. The zero-order chi connectivity index (χ0) is 19.6. The first-order valence-electron chi connectivity index (χ1n) is 8.51. The van der Waals surface area contributed by atoms with Crippen molar-refractivity contribution in [2.45, 2.75) is 20.4 Å². The second-order valence-corrected chi connectivity index (χ2v) is 7.18. The van der Waals surface area contributed by atoms with Gasteiger partial charge in [0.15, 0.2) is 16.3 Å². The molecule has 5 nitrogen and oxygen atoms in total. The first-order chi connectivity index (χ1) is 13.0. The van der Waals surface area contributed by atoms with Gasteiger partial charge in [0.05, 0.1) is 24.4 Å². The summed E-state index contributed by atoms with van der Waals surface area (Å²) in [6.45, 7) is 8.36. The lowest BCUT2D eigenvalue weighted by atomic mass is 10.1. The third-order valence-electron chi connectivity index (χ3n) is 4.45. The molecule has 3 aromatic rings. The van der Waals surface area contributed by atoms with E-state index in [0.717, 1.165) is 21.3 Å². The van der Waals surface area contributed by atoms with Gasteiger partial charge in [-0.05, 0) is 37.1 Å². The van der Waals surface area contributed by atoms with Crippen molar-refractivity contribution in [2.75, 3.05) is 14.2 Å². The normalized spacial score (nSPS) is 11.6. The van der Waals surface area contributed by atoms with Gasteiger partial charge in [-0.3, -0.25) is 4.79 Å². The van der Waals surface area contributed by atoms with E-state index in [1.165, 1.54) is 11.3 Å². The van der Waals surface area contributed by atoms with Gasteiger partial charge in [0.2, 0.25) is 0 Å². The summed E-state index contributed by atoms with van der Waals surface area (Å²) in [4.78, 5) is 17.7. The highest BCUT2D eigenvalue weighted by Crippen LogP contribution is 2.33. The van der Waals surface area contributed by atoms with Gasteiger partial charge < -0.3 is 14.0 Å². The molecule has 27 heavy (non-hydrogen) atoms. The summed E-state index contributed by atoms with van der Waals surface area (Å²) in [6, 6.07) is 9.42. The van der Waals surface area contributed by atoms with E-state index in [-0.39, 0.29) is 5.91 Å². The van der Waals surface area contributed by atoms with E-state index in [0.29, 0.717) is 28.4 Å². The minimum atomic E-state index is -0.263. The molecule has 0 aliphatic carbocycles. The van der Waals surface area contributed by atoms with E-state index in [2.05, 4.69) is 11.6 Å². The van der Waals surface area contributed by atoms with Crippen LogP contribution in [-0.2, 0) is 6.54 Å². The number of hydrogen-bond acceptors (Lipinski definition) is 4. The summed E-state index contributed by atoms with van der Waals surface area (Å²) in [5, 5.41) is 0. The number of amides is 1. The Hall–Kier alpha value is -2.86. The number of thiazole rings is 1. The van der Waals surface area contributed by atoms with E-state index < -0.39 is 0 Å². The van der Waals surface area contributed by atoms with Crippen LogP contribution in [0.2, 0.25) is 0 Å². The summed E-state index contributed by atoms with van der Waals surface area (Å²) in [5.74, 6) is 1.01. The van der Waals surface area contributed by atoms with Gasteiger partial charge >= 0.3 is 0 Å². The molecule has 1 aromatic heterocycles. The van der Waals surface area contributed by atoms with Gasteiger partial charge in [0, 0.05) is 24.2 Å². The Labute approximate surface area is 162 Å². The first-order valence-corrected chi connectivity index (χ1v) is 9.32. The molecule has 1 heterocycles. The van der Waals surface area contributed by atoms with Crippen molar-refractivity contribution in [3.05, 3.63) is 64.5 Å². The van der Waals surface area contributed by atoms with Crippen LogP contribution in [0.3, 0.4) is 0 Å². The number of ether oxygens (including phenoxy) is 2. The zero-order valence-electron chi connectivity index (χ0n) is 15.9. The first kappa shape index (κ1) is 18.9. The number of fused-ring (bicyclic) bond motifs is 1. The molecule has 0 aliphatic rings. The van der Waals surface area contributed by atoms with Crippen LogP contribution >= 0.6 is 11.3 Å². The van der Waals surface area contributed by atoms with Crippen LogP contribution in [0.15, 0.2) is 48.0 Å². The Bertz CT molecular complexity index is 1090. The molecule has 0 aliphatic heterocycles. The Morgan fingerprint density at radius 1 is 1.15 bits per heavy atom. The zero-order valence-corrected chi connectivity index (χ0v) is 16.7. The Morgan fingerprint density at radius 2 is 1.85 bits per heavy atom. The third kappa shape index (κ3) is 3.66. The maximum absolute atomic E-state index is 12.7. The number of hydrogen-bond donors (Lipinski definition) is 0. The Balaban J connectivity index is 2.18. The fraction of sp³-hybridized carbons (Fsp3) is 0.238. The van der Waals surface area contributed by atoms with Crippen LogP contribution in [0.5, 0.6) is 11.5 Å². The van der Waals surface area contributed by atoms with Crippen molar-refractivity contribution in [2.24, 2.45) is 4.99 Å². The van der Waals surface area contributed by atoms with Crippen LogP contribution in [0.1, 0.15) is 21.5 Å². The molecule has 0 fully saturated rings. The number of nitrogens with zero attached hydrogens (tertiary/aromatic N) is 2. The highest BCUT2D eigenvalue weighted by Gasteiger charge is 2.13. The van der Waals surface area contributed by atoms with E-state index in [1.807, 2.05) is 48.7 Å². The summed E-state index contributed by atoms with van der Waals surface area (Å²) >= 11 is 1.44. The monoisotopic (exact) mass is 382 g/mol. The summed E-state index contributed by atoms with van der Waals surface area (Å²) in [5.41, 5.74) is 3.72. The number of carbonyl (C=O) groups excluding carboxylic acids is 1. The van der Waals surface area contributed by atoms with Gasteiger partial charge in [0.25, 0.3) is 5.91 Å². The van der Waals surface area contributed by atoms with Gasteiger partial charge in [-0.2, -0.15) is 4.99 Å². The summed E-state index contributed by atoms with van der Waals surface area (Å²) in [7, 11) is 3.20. The number of methoxy groups -OCH3 is 2. The highest BCUT2D eigenvalue weighted by atomic mass is 32.1. The third-order valence-corrected chi connectivity index (χ3v) is 5.49. The average molecular weight is 382 g/mol. The standard InChI is InChI=1S/C21H22N2O3S/c1-6-9-23-16-11-17(25-4)18(26-5)12-19(16)27-21(23)22-20(24)15-8-7-13(2)14(3)10-15/h6-8,10-12H,1,9H2,2-5H3. The number of carbonyl (C=O) groups is 1. The molecule has 0 bridgehead atoms. The molecule has 3 rings (SSSR count). The number of aromatic nitrogens is 1. The molecule has 0 unspecified atom stereocenters. The molecule has 0 atom stereocenters. The minimum Gasteiger partial charge on any atom is -0.493 e. The molecule has 140 valence electrons. The van der Waals surface area contributed by atoms with E-state index in [9.17, 15) is 4.79 Å². The quantitative estimate of drug-likeness (QED) is 0.620. The maximum atomic E-state index is 12.7. The van der Waals surface area contributed by atoms with Gasteiger partial charge in [-0.25, -0.2) is 0 Å². The SMILES string of the molecule is C=CCn1c(=NC(=O)c2ccc(C)c(C)c2)sc2cc(OC)c(OC)cc21. The highest BCUT2D eigenvalue weighted by molar-refractivity contribution is 7.16. The lowest BCUT2D eigenvalue weighted by molar-refractivity contribution is 0.0998. The van der Waals surface area contributed by atoms with Gasteiger partial charge in [0.1, 0.15) is 0 Å². The smallest absolute Gasteiger partial charge is 0.279 e. The molecule has 6 heteroatoms. The topological polar surface area (TPSA) is 52.8 Å². The van der Waals surface area contributed by atoms with Crippen molar-refractivity contribution in [3.63, 3.8) is 0 Å². The lowest BCUT2D eigenvalue weighted by Crippen LogP contribution is -2.16. The van der Waals surface area contributed by atoms with Crippen molar-refractivity contribution < 1.29 is 14.3 Å².